The molecular formula is C52H82O21. The fraction of sp³-hybridized carbons (Fsp3) is 0.904. The van der Waals surface area contributed by atoms with E-state index < -0.39 is 159 Å². The van der Waals surface area contributed by atoms with E-state index in [0.717, 1.165) is 31.3 Å². The molecule has 73 heavy (non-hydrogen) atoms. The fourth-order valence-electron chi connectivity index (χ4n) is 15.8. The van der Waals surface area contributed by atoms with Gasteiger partial charge in [-0.1, -0.05) is 58.4 Å². The summed E-state index contributed by atoms with van der Waals surface area (Å²) < 4.78 is 48.3. The number of carbonyl (C=O) groups is 1. The van der Waals surface area contributed by atoms with E-state index in [-0.39, 0.29) is 34.0 Å². The zero-order valence-corrected chi connectivity index (χ0v) is 42.8. The van der Waals surface area contributed by atoms with Crippen LogP contribution in [0.5, 0.6) is 0 Å². The van der Waals surface area contributed by atoms with E-state index in [0.29, 0.717) is 38.5 Å². The van der Waals surface area contributed by atoms with Crippen molar-refractivity contribution in [3.05, 3.63) is 23.8 Å². The molecule has 0 radical (unpaired) electrons. The van der Waals surface area contributed by atoms with E-state index >= 15 is 0 Å². The first-order valence-electron chi connectivity index (χ1n) is 26.4. The quantitative estimate of drug-likeness (QED) is 0.0721. The minimum absolute atomic E-state index is 0.117. The molecule has 9 rings (SSSR count). The summed E-state index contributed by atoms with van der Waals surface area (Å²) in [4.78, 5) is 14.6. The van der Waals surface area contributed by atoms with Crippen LogP contribution in [0.3, 0.4) is 0 Å². The van der Waals surface area contributed by atoms with Crippen molar-refractivity contribution in [2.45, 2.75) is 229 Å². The number of hydrogen-bond donors (Lipinski definition) is 12. The van der Waals surface area contributed by atoms with Gasteiger partial charge in [-0.25, -0.2) is 0 Å². The minimum atomic E-state index is -1.78. The highest BCUT2D eigenvalue weighted by atomic mass is 16.8. The van der Waals surface area contributed by atoms with E-state index in [1.807, 2.05) is 0 Å². The van der Waals surface area contributed by atoms with Gasteiger partial charge in [-0.3, -0.25) is 4.79 Å². The zero-order valence-electron chi connectivity index (χ0n) is 42.8. The number of allylic oxidation sites excluding steroid dienone is 3. The Bertz CT molecular complexity index is 2040. The number of aliphatic hydroxyl groups excluding tert-OH is 12. The van der Waals surface area contributed by atoms with Crippen LogP contribution in [-0.4, -0.2) is 210 Å². The summed E-state index contributed by atoms with van der Waals surface area (Å²) >= 11 is 0. The summed E-state index contributed by atoms with van der Waals surface area (Å²) in [5.41, 5.74) is 0.0640. The van der Waals surface area contributed by atoms with Crippen molar-refractivity contribution in [2.75, 3.05) is 19.8 Å². The number of carbonyl (C=O) groups excluding carboxylic acids is 1. The number of aliphatic hydroxyl groups is 12. The summed E-state index contributed by atoms with van der Waals surface area (Å²) in [5.74, 6) is -0.436. The summed E-state index contributed by atoms with van der Waals surface area (Å²) in [6.45, 7) is 15.5. The predicted molar refractivity (Wildman–Crippen MR) is 251 cm³/mol. The Labute approximate surface area is 426 Å². The van der Waals surface area contributed by atoms with Gasteiger partial charge in [-0.2, -0.15) is 0 Å². The van der Waals surface area contributed by atoms with Gasteiger partial charge in [0.2, 0.25) is 6.29 Å². The average Bonchev–Trinajstić information content (AvgIpc) is 3.35. The second kappa shape index (κ2) is 20.4. The van der Waals surface area contributed by atoms with Crippen molar-refractivity contribution < 1.29 is 104 Å². The van der Waals surface area contributed by atoms with Gasteiger partial charge >= 0.3 is 5.97 Å². The first-order chi connectivity index (χ1) is 34.3. The van der Waals surface area contributed by atoms with E-state index in [1.165, 1.54) is 12.5 Å². The molecule has 12 N–H and O–H groups in total. The highest BCUT2D eigenvalue weighted by Crippen LogP contribution is 2.75. The maximum Gasteiger partial charge on any atom is 0.315 e. The van der Waals surface area contributed by atoms with Crippen LogP contribution in [0.2, 0.25) is 0 Å². The molecule has 27 atom stereocenters. The summed E-state index contributed by atoms with van der Waals surface area (Å²) in [5, 5.41) is 128. The lowest BCUT2D eigenvalue weighted by atomic mass is 9.34. The van der Waals surface area contributed by atoms with Crippen LogP contribution in [0.25, 0.3) is 0 Å². The van der Waals surface area contributed by atoms with E-state index in [9.17, 15) is 66.1 Å². The van der Waals surface area contributed by atoms with E-state index in [4.69, 9.17) is 37.9 Å². The van der Waals surface area contributed by atoms with Crippen LogP contribution < -0.4 is 0 Å². The molecule has 0 bridgehead atoms. The Morgan fingerprint density at radius 1 is 0.658 bits per heavy atom. The molecule has 4 saturated heterocycles. The molecule has 8 fully saturated rings. The molecule has 0 aromatic carbocycles. The Balaban J connectivity index is 0.949. The second-order valence-corrected chi connectivity index (χ2v) is 24.4. The SMILES string of the molecule is C=C1CCC2(C(=O)OC3OC(CO)C(O)C(O)C3O)CCC3(C)C(=CCC4C5(C)CCC(OC6OC(CO)C(OC7OC(C)C(O)C(O)C7O)C(OC7OCC(O)C(O)C7O)C6O)C(C)(C)C5CCC43C)C2C1. The molecule has 9 aliphatic rings. The molecule has 4 heterocycles. The highest BCUT2D eigenvalue weighted by Gasteiger charge is 2.70. The Morgan fingerprint density at radius 3 is 1.99 bits per heavy atom. The van der Waals surface area contributed by atoms with Crippen LogP contribution in [0.15, 0.2) is 23.8 Å². The van der Waals surface area contributed by atoms with Crippen LogP contribution in [-0.2, 0) is 42.7 Å². The van der Waals surface area contributed by atoms with E-state index in [1.54, 1.807) is 0 Å². The van der Waals surface area contributed by atoms with Gasteiger partial charge in [-0.15, -0.1) is 0 Å². The topological polar surface area (TPSA) is 334 Å². The molecule has 5 aliphatic carbocycles. The largest absolute Gasteiger partial charge is 0.432 e. The Morgan fingerprint density at radius 2 is 1.29 bits per heavy atom. The fourth-order valence-corrected chi connectivity index (χ4v) is 15.8. The van der Waals surface area contributed by atoms with Gasteiger partial charge in [-0.05, 0) is 105 Å². The molecule has 0 aromatic rings. The monoisotopic (exact) mass is 1040 g/mol. The average molecular weight is 1040 g/mol. The maximum absolute atomic E-state index is 14.6. The van der Waals surface area contributed by atoms with Gasteiger partial charge in [0.25, 0.3) is 0 Å². The van der Waals surface area contributed by atoms with Gasteiger partial charge in [0.05, 0.1) is 37.4 Å². The number of esters is 1. The molecule has 0 amide bonds. The number of hydrogen-bond acceptors (Lipinski definition) is 21. The lowest BCUT2D eigenvalue weighted by Crippen LogP contribution is -2.67. The molecule has 4 saturated carbocycles. The molecule has 21 heteroatoms. The number of ether oxygens (including phenoxy) is 8. The molecule has 416 valence electrons. The normalized spacial score (nSPS) is 54.0. The first-order valence-corrected chi connectivity index (χ1v) is 26.4. The Kier molecular flexibility index (Phi) is 15.7. The van der Waals surface area contributed by atoms with Crippen molar-refractivity contribution in [1.29, 1.82) is 0 Å². The molecule has 4 aliphatic heterocycles. The summed E-state index contributed by atoms with van der Waals surface area (Å²) in [6.07, 6.45) is -20.7. The highest BCUT2D eigenvalue weighted by molar-refractivity contribution is 5.79. The zero-order chi connectivity index (χ0) is 53.1. The lowest BCUT2D eigenvalue weighted by Gasteiger charge is -2.71. The number of rotatable bonds is 10. The molecule has 0 spiro atoms. The molecule has 0 aromatic heterocycles. The smallest absolute Gasteiger partial charge is 0.315 e. The van der Waals surface area contributed by atoms with Gasteiger partial charge < -0.3 is 99.2 Å². The van der Waals surface area contributed by atoms with Gasteiger partial charge in [0.1, 0.15) is 85.5 Å². The molecular weight excluding hydrogens is 961 g/mol. The van der Waals surface area contributed by atoms with Crippen molar-refractivity contribution in [3.8, 4) is 0 Å². The third kappa shape index (κ3) is 9.02. The van der Waals surface area contributed by atoms with Crippen molar-refractivity contribution in [3.63, 3.8) is 0 Å². The lowest BCUT2D eigenvalue weighted by molar-refractivity contribution is -0.388. The third-order valence-electron chi connectivity index (χ3n) is 20.4. The van der Waals surface area contributed by atoms with Crippen molar-refractivity contribution >= 4 is 5.97 Å². The van der Waals surface area contributed by atoms with Crippen LogP contribution in [0.1, 0.15) is 106 Å². The third-order valence-corrected chi connectivity index (χ3v) is 20.4. The Hall–Kier alpha value is -1.81. The van der Waals surface area contributed by atoms with Gasteiger partial charge in [0.15, 0.2) is 18.9 Å². The summed E-state index contributed by atoms with van der Waals surface area (Å²) in [7, 11) is 0. The second-order valence-electron chi connectivity index (χ2n) is 24.4. The van der Waals surface area contributed by atoms with Crippen LogP contribution in [0.4, 0.5) is 0 Å². The first kappa shape index (κ1) is 55.9. The maximum atomic E-state index is 14.6. The number of fused-ring (bicyclic) bond motifs is 7. The molecule has 27 unspecified atom stereocenters. The summed E-state index contributed by atoms with van der Waals surface area (Å²) in [6, 6.07) is 0. The van der Waals surface area contributed by atoms with E-state index in [2.05, 4.69) is 47.3 Å². The van der Waals surface area contributed by atoms with Crippen molar-refractivity contribution in [1.82, 2.24) is 0 Å². The van der Waals surface area contributed by atoms with Crippen molar-refractivity contribution in [2.24, 2.45) is 44.8 Å². The molecule has 21 nitrogen and oxygen atoms in total. The van der Waals surface area contributed by atoms with Gasteiger partial charge in [0, 0.05) is 5.92 Å². The predicted octanol–water partition coefficient (Wildman–Crippen LogP) is -0.839. The van der Waals surface area contributed by atoms with Crippen LogP contribution in [0, 0.1) is 44.8 Å². The van der Waals surface area contributed by atoms with Crippen LogP contribution >= 0.6 is 0 Å². The minimum Gasteiger partial charge on any atom is -0.432 e. The standard InChI is InChI=1S/C52H82O21/c1-22-10-15-52(47(65)73-45-39(63)36(60)34(58)27(19-53)68-45)17-16-50(6)24(25(52)18-22)8-9-30-49(5)13-12-31(48(3,4)29(49)11-14-51(30,50)7)70-46-40(64)42(72-43-37(61)33(57)26(55)21-66-43)41(28(20-54)69-46)71-44-38(62)35(59)32(56)23(2)67-44/h8,23,25-46,53-64H,1,9-21H2,2-7H3.